The van der Waals surface area contributed by atoms with Crippen molar-refractivity contribution in [3.8, 4) is 17.0 Å². The highest BCUT2D eigenvalue weighted by Gasteiger charge is 2.22. The number of anilines is 3. The standard InChI is InChI=1S/C22H22ClN7O3S/c1-12-5-6-15(30-34(31,32)18-8-14(23)11-26-21(18)33-4)9-16(12)17-7-13-10-27-22(25-3)29-19(13)28-20(17)24-2/h5-11,30H,1-4H3,(H2,24,25,27,28,29). The Morgan fingerprint density at radius 2 is 1.76 bits per heavy atom. The molecule has 3 N–H and O–H groups in total. The number of halogens is 1. The number of pyridine rings is 2. The normalized spacial score (nSPS) is 11.3. The number of benzene rings is 1. The minimum Gasteiger partial charge on any atom is -0.480 e. The fourth-order valence-electron chi connectivity index (χ4n) is 3.42. The molecule has 0 fully saturated rings. The summed E-state index contributed by atoms with van der Waals surface area (Å²) in [6.07, 6.45) is 3.00. The van der Waals surface area contributed by atoms with Gasteiger partial charge in [-0.15, -0.1) is 0 Å². The van der Waals surface area contributed by atoms with Crippen molar-refractivity contribution in [2.75, 3.05) is 36.6 Å². The summed E-state index contributed by atoms with van der Waals surface area (Å²) in [5.74, 6) is 1.01. The Labute approximate surface area is 201 Å². The van der Waals surface area contributed by atoms with Crippen LogP contribution in [0.15, 0.2) is 47.6 Å². The van der Waals surface area contributed by atoms with Crippen LogP contribution in [0.25, 0.3) is 22.2 Å². The second kappa shape index (κ2) is 9.27. The van der Waals surface area contributed by atoms with E-state index in [4.69, 9.17) is 16.3 Å². The third-order valence-electron chi connectivity index (χ3n) is 5.08. The summed E-state index contributed by atoms with van der Waals surface area (Å²) in [7, 11) is 0.811. The average Bonchev–Trinajstić information content (AvgIpc) is 2.83. The lowest BCUT2D eigenvalue weighted by atomic mass is 9.99. The number of nitrogens with zero attached hydrogens (tertiary/aromatic N) is 4. The molecule has 4 aromatic rings. The van der Waals surface area contributed by atoms with Crippen LogP contribution in [0.3, 0.4) is 0 Å². The second-order valence-electron chi connectivity index (χ2n) is 7.29. The van der Waals surface area contributed by atoms with Crippen LogP contribution in [-0.2, 0) is 10.0 Å². The molecule has 0 aliphatic rings. The maximum Gasteiger partial charge on any atom is 0.267 e. The lowest BCUT2D eigenvalue weighted by Crippen LogP contribution is -2.15. The molecule has 0 atom stereocenters. The van der Waals surface area contributed by atoms with Crippen LogP contribution in [-0.4, -0.2) is 49.6 Å². The molecule has 0 saturated heterocycles. The number of hydrogen-bond acceptors (Lipinski definition) is 9. The van der Waals surface area contributed by atoms with E-state index in [-0.39, 0.29) is 15.8 Å². The minimum atomic E-state index is -4.03. The molecule has 3 heterocycles. The summed E-state index contributed by atoms with van der Waals surface area (Å²) in [4.78, 5) is 17.1. The third-order valence-corrected chi connectivity index (χ3v) is 6.66. The van der Waals surface area contributed by atoms with Crippen LogP contribution in [0, 0.1) is 6.92 Å². The molecule has 0 amide bonds. The Hall–Kier alpha value is -3.70. The number of ether oxygens (including phenoxy) is 1. The van der Waals surface area contributed by atoms with Gasteiger partial charge in [-0.3, -0.25) is 4.72 Å². The van der Waals surface area contributed by atoms with Crippen LogP contribution in [0.2, 0.25) is 5.02 Å². The number of nitrogens with one attached hydrogen (secondary N) is 3. The summed E-state index contributed by atoms with van der Waals surface area (Å²) in [6.45, 7) is 1.93. The zero-order valence-electron chi connectivity index (χ0n) is 18.8. The molecule has 0 unspecified atom stereocenters. The van der Waals surface area contributed by atoms with Crippen LogP contribution >= 0.6 is 11.6 Å². The van der Waals surface area contributed by atoms with Crippen molar-refractivity contribution in [2.24, 2.45) is 0 Å². The highest BCUT2D eigenvalue weighted by atomic mass is 35.5. The highest BCUT2D eigenvalue weighted by Crippen LogP contribution is 2.34. The molecule has 10 nitrogen and oxygen atoms in total. The van der Waals surface area contributed by atoms with Gasteiger partial charge in [-0.1, -0.05) is 17.7 Å². The van der Waals surface area contributed by atoms with Gasteiger partial charge in [-0.2, -0.15) is 4.98 Å². The molecule has 0 aliphatic carbocycles. The molecular weight excluding hydrogens is 478 g/mol. The van der Waals surface area contributed by atoms with Crippen molar-refractivity contribution in [3.05, 3.63) is 53.3 Å². The van der Waals surface area contributed by atoms with E-state index in [0.717, 1.165) is 22.1 Å². The van der Waals surface area contributed by atoms with Gasteiger partial charge in [0.1, 0.15) is 5.82 Å². The van der Waals surface area contributed by atoms with Crippen molar-refractivity contribution >= 4 is 50.1 Å². The third kappa shape index (κ3) is 4.52. The van der Waals surface area contributed by atoms with Crippen LogP contribution in [0.5, 0.6) is 5.88 Å². The maximum atomic E-state index is 13.1. The zero-order chi connectivity index (χ0) is 24.5. The predicted molar refractivity (Wildman–Crippen MR) is 133 cm³/mol. The van der Waals surface area contributed by atoms with E-state index in [0.29, 0.717) is 23.1 Å². The SMILES string of the molecule is CNc1ncc2cc(-c3cc(NS(=O)(=O)c4cc(Cl)cnc4OC)ccc3C)c(NC)nc2n1. The molecule has 176 valence electrons. The lowest BCUT2D eigenvalue weighted by Gasteiger charge is -2.15. The summed E-state index contributed by atoms with van der Waals surface area (Å²) in [5.41, 5.74) is 3.37. The summed E-state index contributed by atoms with van der Waals surface area (Å²) in [5, 5.41) is 6.91. The molecule has 0 spiro atoms. The van der Waals surface area contributed by atoms with Crippen molar-refractivity contribution in [1.82, 2.24) is 19.9 Å². The van der Waals surface area contributed by atoms with Crippen LogP contribution < -0.4 is 20.1 Å². The maximum absolute atomic E-state index is 13.1. The van der Waals surface area contributed by atoms with E-state index in [1.54, 1.807) is 32.4 Å². The first-order valence-electron chi connectivity index (χ1n) is 10.1. The summed E-state index contributed by atoms with van der Waals surface area (Å²) in [6, 6.07) is 8.44. The second-order valence-corrected chi connectivity index (χ2v) is 9.37. The molecule has 0 radical (unpaired) electrons. The molecule has 12 heteroatoms. The first kappa shape index (κ1) is 23.5. The van der Waals surface area contributed by atoms with Crippen molar-refractivity contribution in [2.45, 2.75) is 11.8 Å². The van der Waals surface area contributed by atoms with Gasteiger partial charge < -0.3 is 15.4 Å². The van der Waals surface area contributed by atoms with E-state index in [9.17, 15) is 8.42 Å². The highest BCUT2D eigenvalue weighted by molar-refractivity contribution is 7.92. The molecule has 34 heavy (non-hydrogen) atoms. The van der Waals surface area contributed by atoms with E-state index in [2.05, 4.69) is 35.3 Å². The Balaban J connectivity index is 1.79. The van der Waals surface area contributed by atoms with E-state index in [1.165, 1.54) is 19.4 Å². The van der Waals surface area contributed by atoms with Gasteiger partial charge in [-0.25, -0.2) is 23.4 Å². The number of sulfonamides is 1. The minimum absolute atomic E-state index is 0.0543. The molecule has 0 saturated carbocycles. The molecule has 0 bridgehead atoms. The summed E-state index contributed by atoms with van der Waals surface area (Å²) >= 11 is 5.97. The van der Waals surface area contributed by atoms with E-state index >= 15 is 0 Å². The average molecular weight is 500 g/mol. The fraction of sp³-hybridized carbons (Fsp3) is 0.182. The van der Waals surface area contributed by atoms with Crippen molar-refractivity contribution in [1.29, 1.82) is 0 Å². The Morgan fingerprint density at radius 1 is 0.971 bits per heavy atom. The number of hydrogen-bond donors (Lipinski definition) is 3. The van der Waals surface area contributed by atoms with Gasteiger partial charge in [0.15, 0.2) is 10.5 Å². The van der Waals surface area contributed by atoms with Gasteiger partial charge in [0, 0.05) is 43.1 Å². The molecule has 0 aliphatic heterocycles. The molecule has 3 aromatic heterocycles. The monoisotopic (exact) mass is 499 g/mol. The van der Waals surface area contributed by atoms with Gasteiger partial charge in [0.25, 0.3) is 10.0 Å². The van der Waals surface area contributed by atoms with E-state index in [1.807, 2.05) is 19.1 Å². The van der Waals surface area contributed by atoms with Gasteiger partial charge >= 0.3 is 0 Å². The molecular formula is C22H22ClN7O3S. The Bertz CT molecular complexity index is 1500. The summed E-state index contributed by atoms with van der Waals surface area (Å²) < 4.78 is 33.9. The van der Waals surface area contributed by atoms with Gasteiger partial charge in [0.05, 0.1) is 12.1 Å². The number of rotatable bonds is 7. The first-order chi connectivity index (χ1) is 16.2. The van der Waals surface area contributed by atoms with Crippen molar-refractivity contribution in [3.63, 3.8) is 0 Å². The topological polar surface area (TPSA) is 131 Å². The number of methoxy groups -OCH3 is 1. The fourth-order valence-corrected chi connectivity index (χ4v) is 4.84. The first-order valence-corrected chi connectivity index (χ1v) is 12.0. The number of aromatic nitrogens is 4. The Kier molecular flexibility index (Phi) is 6.40. The predicted octanol–water partition coefficient (Wildman–Crippen LogP) is 3.94. The quantitative estimate of drug-likeness (QED) is 0.346. The van der Waals surface area contributed by atoms with E-state index < -0.39 is 10.0 Å². The largest absolute Gasteiger partial charge is 0.480 e. The Morgan fingerprint density at radius 3 is 2.47 bits per heavy atom. The number of aryl methyl sites for hydroxylation is 1. The van der Waals surface area contributed by atoms with Crippen LogP contribution in [0.1, 0.15) is 5.56 Å². The van der Waals surface area contributed by atoms with Gasteiger partial charge in [-0.05, 0) is 42.3 Å². The molecule has 1 aromatic carbocycles. The van der Waals surface area contributed by atoms with Gasteiger partial charge in [0.2, 0.25) is 11.8 Å². The number of fused-ring (bicyclic) bond motifs is 1. The lowest BCUT2D eigenvalue weighted by molar-refractivity contribution is 0.385. The van der Waals surface area contributed by atoms with Crippen LogP contribution in [0.4, 0.5) is 17.5 Å². The molecule has 4 rings (SSSR count). The zero-order valence-corrected chi connectivity index (χ0v) is 20.4. The smallest absolute Gasteiger partial charge is 0.267 e. The van der Waals surface area contributed by atoms with Crippen molar-refractivity contribution < 1.29 is 13.2 Å².